The van der Waals surface area contributed by atoms with Gasteiger partial charge in [-0.2, -0.15) is 0 Å². The van der Waals surface area contributed by atoms with E-state index in [9.17, 15) is 0 Å². The molecule has 0 unspecified atom stereocenters. The zero-order chi connectivity index (χ0) is 14.1. The Morgan fingerprint density at radius 3 is 1.00 bits per heavy atom. The van der Waals surface area contributed by atoms with Gasteiger partial charge in [0.25, 0.3) is 0 Å². The molecule has 0 saturated carbocycles. The summed E-state index contributed by atoms with van der Waals surface area (Å²) in [5.74, 6) is 0. The SMILES string of the molecule is CCO[Si](Cl)(CC[Si](Cl)(OCC)OCC)OCC. The predicted octanol–water partition coefficient (Wildman–Crippen LogP) is 3.49. The van der Waals surface area contributed by atoms with E-state index in [0.29, 0.717) is 38.5 Å². The summed E-state index contributed by atoms with van der Waals surface area (Å²) >= 11 is 12.8. The topological polar surface area (TPSA) is 36.9 Å². The Morgan fingerprint density at radius 2 is 0.833 bits per heavy atom. The van der Waals surface area contributed by atoms with Crippen LogP contribution < -0.4 is 0 Å². The van der Waals surface area contributed by atoms with Crippen molar-refractivity contribution >= 4 is 37.9 Å². The van der Waals surface area contributed by atoms with Crippen LogP contribution in [0.15, 0.2) is 0 Å². The zero-order valence-corrected chi connectivity index (χ0v) is 15.1. The molecule has 0 aliphatic heterocycles. The van der Waals surface area contributed by atoms with Crippen molar-refractivity contribution in [3.63, 3.8) is 0 Å². The molecule has 0 radical (unpaired) electrons. The first-order valence-electron chi connectivity index (χ1n) is 6.38. The molecular formula is C10H24Cl2O4Si2. The molecule has 8 heteroatoms. The van der Waals surface area contributed by atoms with Crippen molar-refractivity contribution in [3.8, 4) is 0 Å². The van der Waals surface area contributed by atoms with Gasteiger partial charge in [-0.1, -0.05) is 22.2 Å². The Bertz CT molecular complexity index is 188. The summed E-state index contributed by atoms with van der Waals surface area (Å²) in [7, 11) is -5.31. The van der Waals surface area contributed by atoms with Crippen LogP contribution in [0.5, 0.6) is 0 Å². The molecule has 0 atom stereocenters. The molecule has 18 heavy (non-hydrogen) atoms. The molecule has 0 saturated heterocycles. The van der Waals surface area contributed by atoms with E-state index in [0.717, 1.165) is 0 Å². The summed E-state index contributed by atoms with van der Waals surface area (Å²) in [5, 5.41) is 0. The fourth-order valence-electron chi connectivity index (χ4n) is 1.53. The maximum Gasteiger partial charge on any atom is 0.443 e. The van der Waals surface area contributed by atoms with Crippen LogP contribution in [0.25, 0.3) is 0 Å². The Morgan fingerprint density at radius 1 is 0.611 bits per heavy atom. The van der Waals surface area contributed by atoms with Crippen molar-refractivity contribution in [2.75, 3.05) is 26.4 Å². The van der Waals surface area contributed by atoms with Crippen molar-refractivity contribution in [1.29, 1.82) is 0 Å². The minimum Gasteiger partial charge on any atom is -0.383 e. The van der Waals surface area contributed by atoms with Crippen LogP contribution in [-0.4, -0.2) is 42.2 Å². The summed E-state index contributed by atoms with van der Waals surface area (Å²) in [4.78, 5) is 0. The summed E-state index contributed by atoms with van der Waals surface area (Å²) in [6.07, 6.45) is 0. The molecule has 110 valence electrons. The van der Waals surface area contributed by atoms with E-state index < -0.39 is 15.7 Å². The van der Waals surface area contributed by atoms with E-state index in [4.69, 9.17) is 39.9 Å². The van der Waals surface area contributed by atoms with Crippen molar-refractivity contribution in [1.82, 2.24) is 0 Å². The highest BCUT2D eigenvalue weighted by atomic mass is 35.6. The Hall–Kier alpha value is 0.854. The second-order valence-electron chi connectivity index (χ2n) is 3.55. The van der Waals surface area contributed by atoms with Crippen LogP contribution in [-0.2, 0) is 17.7 Å². The van der Waals surface area contributed by atoms with Gasteiger partial charge in [-0.05, 0) is 27.7 Å². The highest BCUT2D eigenvalue weighted by Gasteiger charge is 2.43. The predicted molar refractivity (Wildman–Crippen MR) is 79.3 cm³/mol. The van der Waals surface area contributed by atoms with Gasteiger partial charge in [-0.3, -0.25) is 0 Å². The molecule has 0 aliphatic rings. The molecule has 0 aromatic rings. The van der Waals surface area contributed by atoms with Gasteiger partial charge in [0.05, 0.1) is 0 Å². The second-order valence-corrected chi connectivity index (χ2v) is 11.8. The van der Waals surface area contributed by atoms with Crippen LogP contribution in [0.3, 0.4) is 0 Å². The summed E-state index contributed by atoms with van der Waals surface area (Å²) in [5.41, 5.74) is 0. The largest absolute Gasteiger partial charge is 0.443 e. The van der Waals surface area contributed by atoms with Crippen molar-refractivity contribution in [2.24, 2.45) is 0 Å². The molecule has 0 rings (SSSR count). The van der Waals surface area contributed by atoms with E-state index in [1.165, 1.54) is 0 Å². The average Bonchev–Trinajstić information content (AvgIpc) is 2.28. The maximum atomic E-state index is 6.39. The van der Waals surface area contributed by atoms with E-state index >= 15 is 0 Å². The summed E-state index contributed by atoms with van der Waals surface area (Å²) in [6, 6.07) is 1.15. The third kappa shape index (κ3) is 7.44. The van der Waals surface area contributed by atoms with Crippen molar-refractivity contribution < 1.29 is 17.7 Å². The molecule has 0 aliphatic carbocycles. The summed E-state index contributed by atoms with van der Waals surface area (Å²) < 4.78 is 22.2. The molecule has 0 amide bonds. The highest BCUT2D eigenvalue weighted by Crippen LogP contribution is 2.29. The smallest absolute Gasteiger partial charge is 0.383 e. The van der Waals surface area contributed by atoms with E-state index in [1.807, 2.05) is 27.7 Å². The number of hydrogen-bond donors (Lipinski definition) is 0. The average molecular weight is 335 g/mol. The normalized spacial score (nSPS) is 13.0. The van der Waals surface area contributed by atoms with Crippen LogP contribution in [0.4, 0.5) is 0 Å². The van der Waals surface area contributed by atoms with Gasteiger partial charge in [0.2, 0.25) is 0 Å². The first-order chi connectivity index (χ1) is 8.45. The number of halogens is 2. The van der Waals surface area contributed by atoms with Crippen LogP contribution in [0.2, 0.25) is 12.1 Å². The lowest BCUT2D eigenvalue weighted by molar-refractivity contribution is 0.192. The Kier molecular flexibility index (Phi) is 10.2. The number of rotatable bonds is 11. The molecular weight excluding hydrogens is 311 g/mol. The minimum absolute atomic E-state index is 0.538. The lowest BCUT2D eigenvalue weighted by Gasteiger charge is -2.27. The third-order valence-corrected chi connectivity index (χ3v) is 9.68. The van der Waals surface area contributed by atoms with Crippen LogP contribution in [0.1, 0.15) is 27.7 Å². The van der Waals surface area contributed by atoms with Crippen molar-refractivity contribution in [3.05, 3.63) is 0 Å². The second kappa shape index (κ2) is 9.71. The van der Waals surface area contributed by atoms with Crippen LogP contribution >= 0.6 is 22.2 Å². The van der Waals surface area contributed by atoms with E-state index in [-0.39, 0.29) is 0 Å². The van der Waals surface area contributed by atoms with Gasteiger partial charge in [0.15, 0.2) is 0 Å². The quantitative estimate of drug-likeness (QED) is 0.428. The van der Waals surface area contributed by atoms with Gasteiger partial charge < -0.3 is 17.7 Å². The maximum absolute atomic E-state index is 6.39. The van der Waals surface area contributed by atoms with Crippen LogP contribution in [0, 0.1) is 0 Å². The van der Waals surface area contributed by atoms with E-state index in [1.54, 1.807) is 0 Å². The molecule has 0 fully saturated rings. The fourth-order valence-corrected chi connectivity index (χ4v) is 9.40. The molecule has 0 heterocycles. The van der Waals surface area contributed by atoms with Gasteiger partial charge in [0, 0.05) is 38.5 Å². The Labute approximate surface area is 122 Å². The molecule has 0 bridgehead atoms. The minimum atomic E-state index is -2.65. The van der Waals surface area contributed by atoms with Gasteiger partial charge in [-0.15, -0.1) is 0 Å². The first kappa shape index (κ1) is 18.9. The van der Waals surface area contributed by atoms with Crippen molar-refractivity contribution in [2.45, 2.75) is 39.8 Å². The molecule has 4 nitrogen and oxygen atoms in total. The van der Waals surface area contributed by atoms with Gasteiger partial charge in [0.1, 0.15) is 0 Å². The van der Waals surface area contributed by atoms with Gasteiger partial charge >= 0.3 is 15.7 Å². The summed E-state index contributed by atoms with van der Waals surface area (Å²) in [6.45, 7) is 9.76. The monoisotopic (exact) mass is 334 g/mol. The molecule has 0 aromatic carbocycles. The molecule has 0 N–H and O–H groups in total. The highest BCUT2D eigenvalue weighted by molar-refractivity contribution is 7.16. The van der Waals surface area contributed by atoms with E-state index in [2.05, 4.69) is 0 Å². The zero-order valence-electron chi connectivity index (χ0n) is 11.6. The lowest BCUT2D eigenvalue weighted by Crippen LogP contribution is -2.42. The Balaban J connectivity index is 4.44. The lowest BCUT2D eigenvalue weighted by atomic mass is 10.9. The fraction of sp³-hybridized carbons (Fsp3) is 1.00. The molecule has 0 spiro atoms. The number of hydrogen-bond acceptors (Lipinski definition) is 4. The van der Waals surface area contributed by atoms with Gasteiger partial charge in [-0.25, -0.2) is 0 Å². The standard InChI is InChI=1S/C10H24Cl2O4Si2/c1-5-13-17(11,14-6-2)9-10-18(12,15-7-3)16-8-4/h5-10H2,1-4H3. The first-order valence-corrected chi connectivity index (χ1v) is 12.5. The third-order valence-electron chi connectivity index (χ3n) is 2.16. The molecule has 0 aromatic heterocycles.